The molecule has 0 aliphatic carbocycles. The summed E-state index contributed by atoms with van der Waals surface area (Å²) in [5, 5.41) is 1.05. The van der Waals surface area contributed by atoms with Crippen molar-refractivity contribution in [2.24, 2.45) is 5.92 Å². The zero-order valence-corrected chi connectivity index (χ0v) is 22.4. The molecule has 2 aliphatic rings. The van der Waals surface area contributed by atoms with E-state index in [0.717, 1.165) is 54.5 Å². The molecule has 5 rings (SSSR count). The second kappa shape index (κ2) is 10.6. The molecule has 3 aromatic rings. The van der Waals surface area contributed by atoms with E-state index in [1.54, 1.807) is 11.0 Å². The van der Waals surface area contributed by atoms with E-state index in [2.05, 4.69) is 30.0 Å². The number of nitrogens with zero attached hydrogens (tertiary/aromatic N) is 3. The number of rotatable bonds is 6. The molecule has 0 unspecified atom stereocenters. The fourth-order valence-corrected chi connectivity index (χ4v) is 6.43. The summed E-state index contributed by atoms with van der Waals surface area (Å²) in [5.74, 6) is 0.558. The third-order valence-corrected chi connectivity index (χ3v) is 8.59. The molecule has 36 heavy (non-hydrogen) atoms. The molecule has 0 bridgehead atoms. The molecule has 2 saturated heterocycles. The molecular weight excluding hydrogens is 486 g/mol. The number of carbonyl (C=O) groups is 1. The SMILES string of the molecule is CCn1c(=O)c(C=C2SC(=S)N(CCc3ccccc3)C2=O)c(N2CCC(C)CC2)c2ccccc21. The molecule has 2 aromatic carbocycles. The number of amides is 1. The predicted octanol–water partition coefficient (Wildman–Crippen LogP) is 5.70. The topological polar surface area (TPSA) is 45.6 Å². The second-order valence-corrected chi connectivity index (χ2v) is 11.2. The Morgan fingerprint density at radius 3 is 2.44 bits per heavy atom. The van der Waals surface area contributed by atoms with E-state index in [-0.39, 0.29) is 11.5 Å². The Morgan fingerprint density at radius 1 is 1.03 bits per heavy atom. The Kier molecular flexibility index (Phi) is 7.30. The smallest absolute Gasteiger partial charge is 0.266 e. The van der Waals surface area contributed by atoms with Gasteiger partial charge in [-0.15, -0.1) is 0 Å². The van der Waals surface area contributed by atoms with Gasteiger partial charge >= 0.3 is 0 Å². The van der Waals surface area contributed by atoms with E-state index < -0.39 is 0 Å². The highest BCUT2D eigenvalue weighted by Crippen LogP contribution is 2.37. The van der Waals surface area contributed by atoms with E-state index in [4.69, 9.17) is 12.2 Å². The first-order valence-electron chi connectivity index (χ1n) is 12.7. The summed E-state index contributed by atoms with van der Waals surface area (Å²) < 4.78 is 2.36. The number of piperidine rings is 1. The van der Waals surface area contributed by atoms with Crippen molar-refractivity contribution in [2.75, 3.05) is 24.5 Å². The maximum Gasteiger partial charge on any atom is 0.266 e. The van der Waals surface area contributed by atoms with Crippen molar-refractivity contribution in [2.45, 2.75) is 39.7 Å². The van der Waals surface area contributed by atoms with Gasteiger partial charge < -0.3 is 9.47 Å². The molecule has 0 N–H and O–H groups in total. The highest BCUT2D eigenvalue weighted by atomic mass is 32.2. The fourth-order valence-electron chi connectivity index (χ4n) is 5.14. The zero-order chi connectivity index (χ0) is 25.2. The number of thiocarbonyl (C=S) groups is 1. The molecule has 0 radical (unpaired) electrons. The van der Waals surface area contributed by atoms with E-state index in [1.807, 2.05) is 47.9 Å². The Morgan fingerprint density at radius 2 is 1.72 bits per heavy atom. The summed E-state index contributed by atoms with van der Waals surface area (Å²) in [6.07, 6.45) is 4.71. The van der Waals surface area contributed by atoms with Crippen molar-refractivity contribution in [3.8, 4) is 0 Å². The molecule has 0 spiro atoms. The first kappa shape index (κ1) is 24.8. The van der Waals surface area contributed by atoms with Gasteiger partial charge in [-0.3, -0.25) is 14.5 Å². The summed E-state index contributed by atoms with van der Waals surface area (Å²) in [6, 6.07) is 18.2. The lowest BCUT2D eigenvalue weighted by atomic mass is 9.97. The van der Waals surface area contributed by atoms with E-state index in [9.17, 15) is 9.59 Å². The summed E-state index contributed by atoms with van der Waals surface area (Å²) >= 11 is 6.89. The van der Waals surface area contributed by atoms with Crippen molar-refractivity contribution in [1.82, 2.24) is 9.47 Å². The van der Waals surface area contributed by atoms with Gasteiger partial charge in [0, 0.05) is 31.6 Å². The highest BCUT2D eigenvalue weighted by Gasteiger charge is 2.33. The van der Waals surface area contributed by atoms with Crippen molar-refractivity contribution in [1.29, 1.82) is 0 Å². The molecule has 1 amide bonds. The van der Waals surface area contributed by atoms with Crippen LogP contribution in [0.2, 0.25) is 0 Å². The normalized spacial score (nSPS) is 18.1. The van der Waals surface area contributed by atoms with Crippen LogP contribution in [0, 0.1) is 5.92 Å². The third-order valence-electron chi connectivity index (χ3n) is 7.21. The van der Waals surface area contributed by atoms with E-state index in [1.165, 1.54) is 11.8 Å². The Bertz CT molecular complexity index is 1390. The minimum atomic E-state index is -0.116. The first-order valence-corrected chi connectivity index (χ1v) is 13.9. The highest BCUT2D eigenvalue weighted by molar-refractivity contribution is 8.26. The van der Waals surface area contributed by atoms with Gasteiger partial charge in [0.2, 0.25) is 0 Å². The summed E-state index contributed by atoms with van der Waals surface area (Å²) in [7, 11) is 0. The minimum Gasteiger partial charge on any atom is -0.370 e. The number of benzene rings is 2. The van der Waals surface area contributed by atoms with Gasteiger partial charge in [-0.05, 0) is 49.8 Å². The van der Waals surface area contributed by atoms with Crippen molar-refractivity contribution < 1.29 is 4.79 Å². The predicted molar refractivity (Wildman–Crippen MR) is 155 cm³/mol. The van der Waals surface area contributed by atoms with Gasteiger partial charge in [0.25, 0.3) is 11.5 Å². The third kappa shape index (κ3) is 4.74. The molecule has 1 aromatic heterocycles. The molecule has 2 aliphatic heterocycles. The number of aryl methyl sites for hydroxylation is 1. The number of para-hydroxylation sites is 1. The van der Waals surface area contributed by atoms with E-state index >= 15 is 0 Å². The molecule has 5 nitrogen and oxygen atoms in total. The molecule has 2 fully saturated rings. The molecule has 3 heterocycles. The van der Waals surface area contributed by atoms with Gasteiger partial charge in [0.15, 0.2) is 0 Å². The number of pyridine rings is 1. The van der Waals surface area contributed by atoms with Crippen LogP contribution >= 0.6 is 24.0 Å². The van der Waals surface area contributed by atoms with Crippen LogP contribution in [0.15, 0.2) is 64.3 Å². The number of thioether (sulfide) groups is 1. The quantitative estimate of drug-likeness (QED) is 0.310. The first-order chi connectivity index (χ1) is 17.5. The van der Waals surface area contributed by atoms with Crippen molar-refractivity contribution in [3.05, 3.63) is 81.0 Å². The lowest BCUT2D eigenvalue weighted by Crippen LogP contribution is -2.36. The van der Waals surface area contributed by atoms with Crippen LogP contribution in [-0.2, 0) is 17.8 Å². The number of carbonyl (C=O) groups excluding carboxylic acids is 1. The Hall–Kier alpha value is -2.90. The van der Waals surface area contributed by atoms with E-state index in [0.29, 0.717) is 33.8 Å². The second-order valence-electron chi connectivity index (χ2n) is 9.57. The molecule has 186 valence electrons. The van der Waals surface area contributed by atoms with Crippen LogP contribution in [0.1, 0.15) is 37.8 Å². The van der Waals surface area contributed by atoms with Crippen LogP contribution in [0.3, 0.4) is 0 Å². The summed E-state index contributed by atoms with van der Waals surface area (Å²) in [6.45, 7) is 7.17. The molecule has 7 heteroatoms. The number of anilines is 1. The standard InChI is InChI=1S/C29H31N3O2S2/c1-3-31-24-12-8-7-11-22(24)26(30-16-13-20(2)14-17-30)23(27(31)33)19-25-28(34)32(29(35)36-25)18-15-21-9-5-4-6-10-21/h4-12,19-20H,3,13-18H2,1-2H3. The van der Waals surface area contributed by atoms with Crippen LogP contribution in [0.25, 0.3) is 17.0 Å². The Balaban J connectivity index is 1.56. The minimum absolute atomic E-state index is 0.0561. The number of fused-ring (bicyclic) bond motifs is 1. The average molecular weight is 518 g/mol. The van der Waals surface area contributed by atoms with Crippen LogP contribution in [0.4, 0.5) is 5.69 Å². The number of hydrogen-bond acceptors (Lipinski definition) is 5. The lowest BCUT2D eigenvalue weighted by Gasteiger charge is -2.34. The number of hydrogen-bond donors (Lipinski definition) is 0. The molecular formula is C29H31N3O2S2. The average Bonchev–Trinajstić information content (AvgIpc) is 3.16. The van der Waals surface area contributed by atoms with Gasteiger partial charge in [-0.2, -0.15) is 0 Å². The summed E-state index contributed by atoms with van der Waals surface area (Å²) in [5.41, 5.74) is 3.58. The maximum atomic E-state index is 13.8. The number of aromatic nitrogens is 1. The Labute approximate surface area is 221 Å². The monoisotopic (exact) mass is 517 g/mol. The zero-order valence-electron chi connectivity index (χ0n) is 20.8. The van der Waals surface area contributed by atoms with Crippen LogP contribution in [0.5, 0.6) is 0 Å². The summed E-state index contributed by atoms with van der Waals surface area (Å²) in [4.78, 5) is 31.8. The van der Waals surface area contributed by atoms with Crippen LogP contribution < -0.4 is 10.5 Å². The molecule has 0 atom stereocenters. The largest absolute Gasteiger partial charge is 0.370 e. The van der Waals surface area contributed by atoms with Gasteiger partial charge in [-0.1, -0.05) is 79.4 Å². The lowest BCUT2D eigenvalue weighted by molar-refractivity contribution is -0.122. The maximum absolute atomic E-state index is 13.8. The van der Waals surface area contributed by atoms with Gasteiger partial charge in [0.1, 0.15) is 4.32 Å². The fraction of sp³-hybridized carbons (Fsp3) is 0.345. The van der Waals surface area contributed by atoms with Crippen molar-refractivity contribution in [3.63, 3.8) is 0 Å². The van der Waals surface area contributed by atoms with Crippen molar-refractivity contribution >= 4 is 56.9 Å². The van der Waals surface area contributed by atoms with Gasteiger partial charge in [-0.25, -0.2) is 0 Å². The molecule has 0 saturated carbocycles. The van der Waals surface area contributed by atoms with Crippen LogP contribution in [-0.4, -0.2) is 39.3 Å². The van der Waals surface area contributed by atoms with Gasteiger partial charge in [0.05, 0.1) is 21.7 Å².